The molecule has 4 rings (SSSR count). The number of oxazole rings is 1. The van der Waals surface area contributed by atoms with Gasteiger partial charge in [0.25, 0.3) is 0 Å². The minimum atomic E-state index is 0.641. The van der Waals surface area contributed by atoms with Gasteiger partial charge in [0, 0.05) is 24.9 Å². The molecule has 3 atom stereocenters. The van der Waals surface area contributed by atoms with Crippen molar-refractivity contribution in [3.05, 3.63) is 17.8 Å². The molecule has 0 spiro atoms. The van der Waals surface area contributed by atoms with E-state index in [1.807, 2.05) is 6.20 Å². The summed E-state index contributed by atoms with van der Waals surface area (Å²) in [5.41, 5.74) is 0. The van der Waals surface area contributed by atoms with Gasteiger partial charge < -0.3 is 9.73 Å². The van der Waals surface area contributed by atoms with Crippen molar-refractivity contribution < 1.29 is 4.42 Å². The third kappa shape index (κ3) is 3.33. The van der Waals surface area contributed by atoms with E-state index in [1.54, 1.807) is 0 Å². The van der Waals surface area contributed by atoms with Crippen LogP contribution in [-0.2, 0) is 6.42 Å². The smallest absolute Gasteiger partial charge is 0.195 e. The summed E-state index contributed by atoms with van der Waals surface area (Å²) in [6, 6.07) is 0.779. The lowest BCUT2D eigenvalue weighted by Crippen LogP contribution is -2.26. The summed E-state index contributed by atoms with van der Waals surface area (Å²) in [5.74, 6) is 4.72. The zero-order valence-electron chi connectivity index (χ0n) is 13.0. The second kappa shape index (κ2) is 6.12. The first-order chi connectivity index (χ1) is 10.4. The lowest BCUT2D eigenvalue weighted by Gasteiger charge is -2.38. The zero-order chi connectivity index (χ0) is 14.1. The Kier molecular flexibility index (Phi) is 4.02. The van der Waals surface area contributed by atoms with Crippen LogP contribution in [0.2, 0.25) is 0 Å². The molecule has 0 bridgehead atoms. The van der Waals surface area contributed by atoms with Crippen molar-refractivity contribution in [2.24, 2.45) is 11.8 Å². The number of rotatable bonds is 5. The summed E-state index contributed by atoms with van der Waals surface area (Å²) < 4.78 is 6.05. The van der Waals surface area contributed by atoms with Crippen LogP contribution in [0.15, 0.2) is 10.6 Å². The normalized spacial score (nSPS) is 32.9. The molecule has 0 amide bonds. The van der Waals surface area contributed by atoms with E-state index in [4.69, 9.17) is 4.42 Å². The summed E-state index contributed by atoms with van der Waals surface area (Å²) in [4.78, 5) is 4.51. The van der Waals surface area contributed by atoms with Gasteiger partial charge in [-0.05, 0) is 43.9 Å². The van der Waals surface area contributed by atoms with E-state index in [0.717, 1.165) is 36.7 Å². The molecule has 3 saturated carbocycles. The van der Waals surface area contributed by atoms with Gasteiger partial charge in [-0.2, -0.15) is 0 Å². The maximum absolute atomic E-state index is 6.05. The number of nitrogens with zero attached hydrogens (tertiary/aromatic N) is 1. The number of fused-ring (bicyclic) bond motifs is 1. The average molecular weight is 288 g/mol. The van der Waals surface area contributed by atoms with E-state index in [9.17, 15) is 0 Å². The molecular formula is C18H28N2O. The van der Waals surface area contributed by atoms with E-state index in [1.165, 1.54) is 63.5 Å². The van der Waals surface area contributed by atoms with Gasteiger partial charge in [-0.15, -0.1) is 0 Å². The van der Waals surface area contributed by atoms with E-state index in [2.05, 4.69) is 10.3 Å². The van der Waals surface area contributed by atoms with Crippen molar-refractivity contribution >= 4 is 0 Å². The molecule has 0 aliphatic heterocycles. The van der Waals surface area contributed by atoms with Crippen molar-refractivity contribution in [2.45, 2.75) is 76.2 Å². The van der Waals surface area contributed by atoms with Crippen LogP contribution in [0.25, 0.3) is 0 Å². The minimum Gasteiger partial charge on any atom is -0.445 e. The summed E-state index contributed by atoms with van der Waals surface area (Å²) in [7, 11) is 0. The van der Waals surface area contributed by atoms with Crippen LogP contribution in [0.3, 0.4) is 0 Å². The van der Waals surface area contributed by atoms with Gasteiger partial charge in [-0.1, -0.05) is 25.7 Å². The fraction of sp³-hybridized carbons (Fsp3) is 0.833. The molecule has 3 heteroatoms. The molecular weight excluding hydrogens is 260 g/mol. The van der Waals surface area contributed by atoms with Gasteiger partial charge in [-0.25, -0.2) is 4.98 Å². The second-order valence-electron chi connectivity index (χ2n) is 7.45. The molecule has 1 aromatic rings. The van der Waals surface area contributed by atoms with E-state index >= 15 is 0 Å². The highest BCUT2D eigenvalue weighted by molar-refractivity contribution is 5.05. The van der Waals surface area contributed by atoms with Crippen LogP contribution in [0.1, 0.15) is 75.4 Å². The van der Waals surface area contributed by atoms with Crippen molar-refractivity contribution in [3.63, 3.8) is 0 Å². The fourth-order valence-electron chi connectivity index (χ4n) is 4.43. The molecule has 1 N–H and O–H groups in total. The Morgan fingerprint density at radius 3 is 2.76 bits per heavy atom. The van der Waals surface area contributed by atoms with E-state index in [0.29, 0.717) is 5.92 Å². The molecule has 3 fully saturated rings. The molecule has 21 heavy (non-hydrogen) atoms. The van der Waals surface area contributed by atoms with Crippen molar-refractivity contribution in [3.8, 4) is 0 Å². The molecule has 3 aliphatic carbocycles. The van der Waals surface area contributed by atoms with Crippen molar-refractivity contribution in [1.82, 2.24) is 10.3 Å². The Morgan fingerprint density at radius 2 is 1.90 bits per heavy atom. The first kappa shape index (κ1) is 13.8. The van der Waals surface area contributed by atoms with Gasteiger partial charge in [-0.3, -0.25) is 0 Å². The molecule has 3 nitrogen and oxygen atoms in total. The van der Waals surface area contributed by atoms with Crippen molar-refractivity contribution in [1.29, 1.82) is 0 Å². The number of nitrogens with one attached hydrogen (secondary N) is 1. The second-order valence-corrected chi connectivity index (χ2v) is 7.45. The van der Waals surface area contributed by atoms with Gasteiger partial charge in [0.15, 0.2) is 5.89 Å². The highest BCUT2D eigenvalue weighted by atomic mass is 16.4. The third-order valence-electron chi connectivity index (χ3n) is 5.86. The molecule has 0 saturated heterocycles. The first-order valence-corrected chi connectivity index (χ1v) is 9.06. The molecule has 1 aromatic heterocycles. The number of hydrogen-bond donors (Lipinski definition) is 1. The predicted octanol–water partition coefficient (Wildman–Crippen LogP) is 4.04. The molecule has 116 valence electrons. The van der Waals surface area contributed by atoms with Crippen LogP contribution in [0.5, 0.6) is 0 Å². The van der Waals surface area contributed by atoms with Crippen LogP contribution in [0, 0.1) is 11.8 Å². The standard InChI is InChI=1S/C18H28N2O/c1-2-4-14-11-15(6-5-13(14)3-1)17-12-20-18(21-17)9-10-19-16-7-8-16/h12-16,19H,1-11H2. The Bertz CT molecular complexity index is 466. The SMILES string of the molecule is c1nc(CCNC2CC2)oc1C1CCC2CCCCC2C1. The largest absolute Gasteiger partial charge is 0.445 e. The van der Waals surface area contributed by atoms with Crippen LogP contribution < -0.4 is 5.32 Å². The maximum atomic E-state index is 6.05. The minimum absolute atomic E-state index is 0.641. The monoisotopic (exact) mass is 288 g/mol. The Balaban J connectivity index is 1.32. The van der Waals surface area contributed by atoms with Gasteiger partial charge in [0.05, 0.1) is 6.20 Å². The van der Waals surface area contributed by atoms with Gasteiger partial charge >= 0.3 is 0 Å². The molecule has 3 unspecified atom stereocenters. The third-order valence-corrected chi connectivity index (χ3v) is 5.86. The quantitative estimate of drug-likeness (QED) is 0.888. The van der Waals surface area contributed by atoms with Gasteiger partial charge in [0.2, 0.25) is 0 Å². The van der Waals surface area contributed by atoms with Gasteiger partial charge in [0.1, 0.15) is 5.76 Å². The van der Waals surface area contributed by atoms with Crippen LogP contribution in [-0.4, -0.2) is 17.6 Å². The van der Waals surface area contributed by atoms with E-state index < -0.39 is 0 Å². The Morgan fingerprint density at radius 1 is 1.05 bits per heavy atom. The first-order valence-electron chi connectivity index (χ1n) is 9.06. The number of hydrogen-bond acceptors (Lipinski definition) is 3. The van der Waals surface area contributed by atoms with Crippen LogP contribution >= 0.6 is 0 Å². The van der Waals surface area contributed by atoms with Crippen molar-refractivity contribution in [2.75, 3.05) is 6.54 Å². The Hall–Kier alpha value is -0.830. The molecule has 0 aromatic carbocycles. The summed E-state index contributed by atoms with van der Waals surface area (Å²) in [6.45, 7) is 1.01. The molecule has 3 aliphatic rings. The maximum Gasteiger partial charge on any atom is 0.195 e. The van der Waals surface area contributed by atoms with E-state index in [-0.39, 0.29) is 0 Å². The highest BCUT2D eigenvalue weighted by Gasteiger charge is 2.34. The summed E-state index contributed by atoms with van der Waals surface area (Å²) in [5, 5.41) is 3.53. The predicted molar refractivity (Wildman–Crippen MR) is 83.3 cm³/mol. The van der Waals surface area contributed by atoms with Crippen LogP contribution in [0.4, 0.5) is 0 Å². The highest BCUT2D eigenvalue weighted by Crippen LogP contribution is 2.46. The zero-order valence-corrected chi connectivity index (χ0v) is 13.0. The topological polar surface area (TPSA) is 38.1 Å². The number of aromatic nitrogens is 1. The Labute approximate surface area is 127 Å². The summed E-state index contributed by atoms with van der Waals surface area (Å²) in [6.07, 6.45) is 15.6. The molecule has 1 heterocycles. The lowest BCUT2D eigenvalue weighted by atomic mass is 9.67. The summed E-state index contributed by atoms with van der Waals surface area (Å²) >= 11 is 0. The lowest BCUT2D eigenvalue weighted by molar-refractivity contribution is 0.147. The fourth-order valence-corrected chi connectivity index (χ4v) is 4.43. The molecule has 0 radical (unpaired) electrons. The average Bonchev–Trinajstić information content (AvgIpc) is 3.23.